The second-order valence-electron chi connectivity index (χ2n) is 5.03. The molecule has 0 heterocycles. The van der Waals surface area contributed by atoms with E-state index < -0.39 is 0 Å². The molecule has 4 nitrogen and oxygen atoms in total. The monoisotopic (exact) mass is 333 g/mol. The van der Waals surface area contributed by atoms with Crippen LogP contribution in [0.4, 0.5) is 0 Å². The van der Waals surface area contributed by atoms with Crippen molar-refractivity contribution < 1.29 is 14.3 Å². The maximum atomic E-state index is 12.3. The molecule has 2 aromatic rings. The molecule has 0 saturated carbocycles. The third kappa shape index (κ3) is 4.63. The Kier molecular flexibility index (Phi) is 6.29. The highest BCUT2D eigenvalue weighted by Gasteiger charge is 2.15. The molecule has 0 saturated heterocycles. The normalized spacial score (nSPS) is 10.2. The average Bonchev–Trinajstić information content (AvgIpc) is 2.59. The van der Waals surface area contributed by atoms with Crippen molar-refractivity contribution in [2.24, 2.45) is 0 Å². The van der Waals surface area contributed by atoms with Gasteiger partial charge in [-0.1, -0.05) is 29.8 Å². The predicted octanol–water partition coefficient (Wildman–Crippen LogP) is 3.72. The van der Waals surface area contributed by atoms with E-state index in [4.69, 9.17) is 21.1 Å². The summed E-state index contributed by atoms with van der Waals surface area (Å²) in [7, 11) is 3.07. The molecule has 2 aromatic carbocycles. The number of halogens is 1. The molecule has 23 heavy (non-hydrogen) atoms. The predicted molar refractivity (Wildman–Crippen MR) is 91.7 cm³/mol. The summed E-state index contributed by atoms with van der Waals surface area (Å²) in [5.41, 5.74) is 1.67. The fraction of sp³-hybridized carbons (Fsp3) is 0.278. The van der Waals surface area contributed by atoms with Crippen molar-refractivity contribution in [2.45, 2.75) is 12.8 Å². The lowest BCUT2D eigenvalue weighted by molar-refractivity contribution is 0.0949. The summed E-state index contributed by atoms with van der Waals surface area (Å²) >= 11 is 5.86. The first-order valence-electron chi connectivity index (χ1n) is 7.39. The highest BCUT2D eigenvalue weighted by molar-refractivity contribution is 6.30. The van der Waals surface area contributed by atoms with Crippen molar-refractivity contribution in [3.8, 4) is 11.5 Å². The summed E-state index contributed by atoms with van der Waals surface area (Å²) < 4.78 is 10.5. The van der Waals surface area contributed by atoms with Gasteiger partial charge in [0, 0.05) is 11.6 Å². The van der Waals surface area contributed by atoms with Crippen LogP contribution < -0.4 is 14.8 Å². The number of para-hydroxylation sites is 1. The number of hydrogen-bond donors (Lipinski definition) is 1. The Balaban J connectivity index is 1.89. The van der Waals surface area contributed by atoms with E-state index in [1.807, 2.05) is 24.3 Å². The molecule has 122 valence electrons. The van der Waals surface area contributed by atoms with Crippen LogP contribution >= 0.6 is 11.6 Å². The Labute approximate surface area is 141 Å². The van der Waals surface area contributed by atoms with Crippen molar-refractivity contribution in [2.75, 3.05) is 20.8 Å². The Morgan fingerprint density at radius 1 is 1.09 bits per heavy atom. The fourth-order valence-corrected chi connectivity index (χ4v) is 2.43. The van der Waals surface area contributed by atoms with Crippen LogP contribution in [-0.4, -0.2) is 26.7 Å². The summed E-state index contributed by atoms with van der Waals surface area (Å²) in [6.45, 7) is 0.585. The van der Waals surface area contributed by atoms with Gasteiger partial charge >= 0.3 is 0 Å². The van der Waals surface area contributed by atoms with Gasteiger partial charge in [0.05, 0.1) is 19.8 Å². The van der Waals surface area contributed by atoms with Crippen LogP contribution in [-0.2, 0) is 6.42 Å². The number of carbonyl (C=O) groups is 1. The summed E-state index contributed by atoms with van der Waals surface area (Å²) in [6, 6.07) is 13.0. The zero-order valence-corrected chi connectivity index (χ0v) is 14.0. The summed E-state index contributed by atoms with van der Waals surface area (Å²) in [5, 5.41) is 3.63. The molecule has 0 bridgehead atoms. The number of amides is 1. The lowest BCUT2D eigenvalue weighted by Crippen LogP contribution is -2.25. The van der Waals surface area contributed by atoms with E-state index in [1.165, 1.54) is 12.7 Å². The SMILES string of the molecule is COc1cccc(C(=O)NCCCc2ccc(Cl)cc2)c1OC. The van der Waals surface area contributed by atoms with Crippen LogP contribution in [0.15, 0.2) is 42.5 Å². The lowest BCUT2D eigenvalue weighted by atomic mass is 10.1. The third-order valence-corrected chi connectivity index (χ3v) is 3.74. The molecule has 0 aliphatic heterocycles. The maximum absolute atomic E-state index is 12.3. The maximum Gasteiger partial charge on any atom is 0.255 e. The molecule has 2 rings (SSSR count). The van der Waals surface area contributed by atoms with Gasteiger partial charge in [-0.3, -0.25) is 4.79 Å². The van der Waals surface area contributed by atoms with Crippen LogP contribution in [0.3, 0.4) is 0 Å². The molecule has 0 spiro atoms. The molecule has 1 N–H and O–H groups in total. The standard InChI is InChI=1S/C18H20ClNO3/c1-22-16-7-3-6-15(17(16)23-2)18(21)20-12-4-5-13-8-10-14(19)11-9-13/h3,6-11H,4-5,12H2,1-2H3,(H,20,21). The Hall–Kier alpha value is -2.20. The molecule has 0 aliphatic rings. The summed E-state index contributed by atoms with van der Waals surface area (Å²) in [4.78, 5) is 12.3. The van der Waals surface area contributed by atoms with Gasteiger partial charge < -0.3 is 14.8 Å². The van der Waals surface area contributed by atoms with Gasteiger partial charge in [-0.25, -0.2) is 0 Å². The summed E-state index contributed by atoms with van der Waals surface area (Å²) in [6.07, 6.45) is 1.73. The van der Waals surface area contributed by atoms with Gasteiger partial charge in [0.15, 0.2) is 11.5 Å². The first-order chi connectivity index (χ1) is 11.2. The molecule has 0 atom stereocenters. The number of carbonyl (C=O) groups excluding carboxylic acids is 1. The van der Waals surface area contributed by atoms with E-state index in [9.17, 15) is 4.79 Å². The Bertz CT molecular complexity index is 656. The molecule has 0 aliphatic carbocycles. The zero-order chi connectivity index (χ0) is 16.7. The highest BCUT2D eigenvalue weighted by Crippen LogP contribution is 2.30. The van der Waals surface area contributed by atoms with Crippen molar-refractivity contribution in [3.63, 3.8) is 0 Å². The molecule has 0 aromatic heterocycles. The summed E-state index contributed by atoms with van der Waals surface area (Å²) in [5.74, 6) is 0.823. The lowest BCUT2D eigenvalue weighted by Gasteiger charge is -2.12. The van der Waals surface area contributed by atoms with E-state index in [1.54, 1.807) is 25.3 Å². The van der Waals surface area contributed by atoms with Crippen LogP contribution in [0, 0.1) is 0 Å². The number of ether oxygens (including phenoxy) is 2. The Morgan fingerprint density at radius 3 is 2.48 bits per heavy atom. The van der Waals surface area contributed by atoms with Gasteiger partial charge in [0.2, 0.25) is 0 Å². The van der Waals surface area contributed by atoms with E-state index in [-0.39, 0.29) is 5.91 Å². The molecule has 0 fully saturated rings. The molecule has 5 heteroatoms. The molecule has 1 amide bonds. The van der Waals surface area contributed by atoms with Crippen LogP contribution in [0.25, 0.3) is 0 Å². The van der Waals surface area contributed by atoms with Crippen LogP contribution in [0.1, 0.15) is 22.3 Å². The number of nitrogens with one attached hydrogen (secondary N) is 1. The number of rotatable bonds is 7. The number of methoxy groups -OCH3 is 2. The average molecular weight is 334 g/mol. The van der Waals surface area contributed by atoms with Crippen molar-refractivity contribution in [1.82, 2.24) is 5.32 Å². The van der Waals surface area contributed by atoms with Crippen LogP contribution in [0.5, 0.6) is 11.5 Å². The van der Waals surface area contributed by atoms with Gasteiger partial charge in [0.25, 0.3) is 5.91 Å². The first-order valence-corrected chi connectivity index (χ1v) is 7.77. The van der Waals surface area contributed by atoms with E-state index in [0.717, 1.165) is 17.9 Å². The second-order valence-corrected chi connectivity index (χ2v) is 5.46. The highest BCUT2D eigenvalue weighted by atomic mass is 35.5. The minimum atomic E-state index is -0.170. The number of benzene rings is 2. The van der Waals surface area contributed by atoms with E-state index in [2.05, 4.69) is 5.32 Å². The molecule has 0 radical (unpaired) electrons. The van der Waals surface area contributed by atoms with Crippen LogP contribution in [0.2, 0.25) is 5.02 Å². The minimum absolute atomic E-state index is 0.170. The van der Waals surface area contributed by atoms with Gasteiger partial charge in [-0.15, -0.1) is 0 Å². The van der Waals surface area contributed by atoms with Crippen molar-refractivity contribution in [1.29, 1.82) is 0 Å². The number of aryl methyl sites for hydroxylation is 1. The van der Waals surface area contributed by atoms with Crippen molar-refractivity contribution in [3.05, 3.63) is 58.6 Å². The minimum Gasteiger partial charge on any atom is -0.493 e. The van der Waals surface area contributed by atoms with Gasteiger partial charge in [-0.05, 0) is 42.7 Å². The van der Waals surface area contributed by atoms with E-state index >= 15 is 0 Å². The Morgan fingerprint density at radius 2 is 1.83 bits per heavy atom. The third-order valence-electron chi connectivity index (χ3n) is 3.49. The molecular formula is C18H20ClNO3. The smallest absolute Gasteiger partial charge is 0.255 e. The quantitative estimate of drug-likeness (QED) is 0.785. The van der Waals surface area contributed by atoms with Gasteiger partial charge in [-0.2, -0.15) is 0 Å². The zero-order valence-electron chi connectivity index (χ0n) is 13.3. The van der Waals surface area contributed by atoms with Gasteiger partial charge in [0.1, 0.15) is 0 Å². The largest absolute Gasteiger partial charge is 0.493 e. The second kappa shape index (κ2) is 8.44. The topological polar surface area (TPSA) is 47.6 Å². The molecular weight excluding hydrogens is 314 g/mol. The molecule has 0 unspecified atom stereocenters. The first kappa shape index (κ1) is 17.2. The van der Waals surface area contributed by atoms with E-state index in [0.29, 0.717) is 23.6 Å². The van der Waals surface area contributed by atoms with Crippen molar-refractivity contribution >= 4 is 17.5 Å². The number of hydrogen-bond acceptors (Lipinski definition) is 3. The fourth-order valence-electron chi connectivity index (χ4n) is 2.31.